The number of amides is 1. The van der Waals surface area contributed by atoms with E-state index in [0.717, 1.165) is 33.3 Å². The minimum Gasteiger partial charge on any atom is -0.496 e. The molecule has 2 aromatic heterocycles. The number of nitrogens with one attached hydrogen (secondary N) is 2. The van der Waals surface area contributed by atoms with E-state index in [2.05, 4.69) is 20.4 Å². The van der Waals surface area contributed by atoms with E-state index in [1.54, 1.807) is 36.5 Å². The van der Waals surface area contributed by atoms with E-state index in [1.165, 1.54) is 0 Å². The maximum absolute atomic E-state index is 13.4. The number of aliphatic hydroxyl groups excluding tert-OH is 1. The Kier molecular flexibility index (Phi) is 4.71. The molecule has 3 heterocycles. The molecule has 0 aliphatic carbocycles. The second-order valence-corrected chi connectivity index (χ2v) is 7.89. The molecular weight excluding hydrogens is 394 g/mol. The number of aromatic amines is 2. The number of hydrogen-bond acceptors (Lipinski definition) is 5. The number of fused-ring (bicyclic) bond motifs is 1. The topological polar surface area (TPSA) is 107 Å². The van der Waals surface area contributed by atoms with Crippen molar-refractivity contribution in [1.82, 2.24) is 25.3 Å². The van der Waals surface area contributed by atoms with Gasteiger partial charge in [0.2, 0.25) is 0 Å². The highest BCUT2D eigenvalue weighted by Gasteiger charge is 2.36. The number of likely N-dealkylation sites (tertiary alicyclic amines) is 1. The van der Waals surface area contributed by atoms with E-state index in [1.807, 2.05) is 31.2 Å². The zero-order valence-electron chi connectivity index (χ0n) is 17.3. The van der Waals surface area contributed by atoms with Crippen LogP contribution in [0, 0.1) is 6.92 Å². The van der Waals surface area contributed by atoms with Crippen molar-refractivity contribution in [3.8, 4) is 16.9 Å². The first-order valence-electron chi connectivity index (χ1n) is 10.2. The van der Waals surface area contributed by atoms with Crippen molar-refractivity contribution < 1.29 is 14.6 Å². The number of aromatic nitrogens is 4. The lowest BCUT2D eigenvalue weighted by molar-refractivity contribution is 0.0715. The monoisotopic (exact) mass is 417 g/mol. The first-order valence-corrected chi connectivity index (χ1v) is 10.2. The molecule has 3 N–H and O–H groups in total. The number of rotatable bonds is 4. The molecule has 0 saturated carbocycles. The summed E-state index contributed by atoms with van der Waals surface area (Å²) in [5.41, 5.74) is 5.07. The number of carbonyl (C=O) groups is 1. The SMILES string of the molecule is COc1cc(C(=O)N2CC(O)CC2c2ccc3c(C)[nH]nc3c2)ccc1-c1cn[nH]c1. The Morgan fingerprint density at radius 3 is 2.90 bits per heavy atom. The van der Waals surface area contributed by atoms with Gasteiger partial charge in [-0.15, -0.1) is 0 Å². The molecule has 158 valence electrons. The van der Waals surface area contributed by atoms with Crippen molar-refractivity contribution in [2.45, 2.75) is 25.5 Å². The highest BCUT2D eigenvalue weighted by atomic mass is 16.5. The summed E-state index contributed by atoms with van der Waals surface area (Å²) < 4.78 is 5.53. The van der Waals surface area contributed by atoms with Gasteiger partial charge in [0.1, 0.15) is 5.75 Å². The third-order valence-electron chi connectivity index (χ3n) is 5.95. The Labute approximate surface area is 178 Å². The molecule has 2 aromatic carbocycles. The molecule has 1 saturated heterocycles. The molecule has 2 atom stereocenters. The molecule has 8 nitrogen and oxygen atoms in total. The van der Waals surface area contributed by atoms with E-state index in [9.17, 15) is 9.90 Å². The number of benzene rings is 2. The van der Waals surface area contributed by atoms with Crippen LogP contribution in [0.5, 0.6) is 5.75 Å². The Hall–Kier alpha value is -3.65. The van der Waals surface area contributed by atoms with Gasteiger partial charge in [0.25, 0.3) is 5.91 Å². The van der Waals surface area contributed by atoms with Gasteiger partial charge in [-0.05, 0) is 43.2 Å². The zero-order valence-corrected chi connectivity index (χ0v) is 17.3. The number of β-amino-alcohol motifs (C(OH)–C–C–N with tert-alkyl or cyclic N) is 1. The summed E-state index contributed by atoms with van der Waals surface area (Å²) >= 11 is 0. The number of aliphatic hydroxyl groups is 1. The lowest BCUT2D eigenvalue weighted by atomic mass is 10.0. The van der Waals surface area contributed by atoms with Gasteiger partial charge in [0, 0.05) is 40.5 Å². The lowest BCUT2D eigenvalue weighted by Gasteiger charge is -2.25. The maximum atomic E-state index is 13.4. The van der Waals surface area contributed by atoms with Crippen LogP contribution in [0.3, 0.4) is 0 Å². The van der Waals surface area contributed by atoms with Crippen LogP contribution in [0.25, 0.3) is 22.0 Å². The van der Waals surface area contributed by atoms with Crippen LogP contribution in [-0.2, 0) is 0 Å². The van der Waals surface area contributed by atoms with E-state index >= 15 is 0 Å². The van der Waals surface area contributed by atoms with Gasteiger partial charge in [-0.3, -0.25) is 15.0 Å². The second kappa shape index (κ2) is 7.55. The summed E-state index contributed by atoms with van der Waals surface area (Å²) in [7, 11) is 1.58. The minimum absolute atomic E-state index is 0.142. The maximum Gasteiger partial charge on any atom is 0.254 e. The number of ether oxygens (including phenoxy) is 1. The molecule has 31 heavy (non-hydrogen) atoms. The summed E-state index contributed by atoms with van der Waals surface area (Å²) in [5.74, 6) is 0.453. The first kappa shape index (κ1) is 19.3. The molecule has 1 fully saturated rings. The van der Waals surface area contributed by atoms with E-state index in [-0.39, 0.29) is 18.5 Å². The van der Waals surface area contributed by atoms with Crippen LogP contribution in [-0.4, -0.2) is 56.1 Å². The van der Waals surface area contributed by atoms with Crippen LogP contribution in [0.4, 0.5) is 0 Å². The molecule has 2 unspecified atom stereocenters. The zero-order chi connectivity index (χ0) is 21.5. The van der Waals surface area contributed by atoms with Crippen LogP contribution < -0.4 is 4.74 Å². The quantitative estimate of drug-likeness (QED) is 0.473. The minimum atomic E-state index is -0.572. The Morgan fingerprint density at radius 1 is 1.26 bits per heavy atom. The van der Waals surface area contributed by atoms with Crippen molar-refractivity contribution in [3.63, 3.8) is 0 Å². The molecule has 5 rings (SSSR count). The molecule has 0 bridgehead atoms. The largest absolute Gasteiger partial charge is 0.496 e. The number of aryl methyl sites for hydroxylation is 1. The average molecular weight is 417 g/mol. The predicted octanol–water partition coefficient (Wildman–Crippen LogP) is 3.22. The van der Waals surface area contributed by atoms with Crippen molar-refractivity contribution in [3.05, 3.63) is 65.6 Å². The molecule has 0 spiro atoms. The van der Waals surface area contributed by atoms with Gasteiger partial charge in [-0.25, -0.2) is 0 Å². The van der Waals surface area contributed by atoms with E-state index in [0.29, 0.717) is 17.7 Å². The fourth-order valence-electron chi connectivity index (χ4n) is 4.35. The van der Waals surface area contributed by atoms with Crippen molar-refractivity contribution in [1.29, 1.82) is 0 Å². The van der Waals surface area contributed by atoms with Gasteiger partial charge >= 0.3 is 0 Å². The summed E-state index contributed by atoms with van der Waals surface area (Å²) in [6.07, 6.45) is 3.40. The normalized spacial score (nSPS) is 18.6. The molecular formula is C23H23N5O3. The number of carbonyl (C=O) groups excluding carboxylic acids is 1. The fourth-order valence-corrected chi connectivity index (χ4v) is 4.35. The summed E-state index contributed by atoms with van der Waals surface area (Å²) in [6, 6.07) is 11.2. The molecule has 1 aliphatic rings. The van der Waals surface area contributed by atoms with Crippen molar-refractivity contribution >= 4 is 16.8 Å². The number of methoxy groups -OCH3 is 1. The second-order valence-electron chi connectivity index (χ2n) is 7.89. The van der Waals surface area contributed by atoms with Crippen LogP contribution >= 0.6 is 0 Å². The average Bonchev–Trinajstić information content (AvgIpc) is 3.53. The third-order valence-corrected chi connectivity index (χ3v) is 5.95. The Morgan fingerprint density at radius 2 is 2.13 bits per heavy atom. The van der Waals surface area contributed by atoms with Crippen molar-refractivity contribution in [2.24, 2.45) is 0 Å². The van der Waals surface area contributed by atoms with E-state index in [4.69, 9.17) is 4.74 Å². The van der Waals surface area contributed by atoms with Gasteiger partial charge in [-0.2, -0.15) is 10.2 Å². The standard InChI is InChI=1S/C23H23N5O3/c1-13-18-5-3-14(7-20(18)27-26-13)21-9-17(29)12-28(21)23(30)15-4-6-19(22(8-15)31-2)16-10-24-25-11-16/h3-8,10-11,17,21,29H,9,12H2,1-2H3,(H,24,25)(H,26,27). The highest BCUT2D eigenvalue weighted by molar-refractivity contribution is 5.96. The van der Waals surface area contributed by atoms with Crippen molar-refractivity contribution in [2.75, 3.05) is 13.7 Å². The fraction of sp³-hybridized carbons (Fsp3) is 0.261. The van der Waals surface area contributed by atoms with Crippen LogP contribution in [0.15, 0.2) is 48.8 Å². The molecule has 8 heteroatoms. The smallest absolute Gasteiger partial charge is 0.254 e. The third kappa shape index (κ3) is 3.34. The molecule has 4 aromatic rings. The van der Waals surface area contributed by atoms with Gasteiger partial charge in [0.15, 0.2) is 0 Å². The molecule has 1 aliphatic heterocycles. The summed E-state index contributed by atoms with van der Waals surface area (Å²) in [4.78, 5) is 15.2. The van der Waals surface area contributed by atoms with Crippen LogP contribution in [0.2, 0.25) is 0 Å². The van der Waals surface area contributed by atoms with E-state index < -0.39 is 6.10 Å². The lowest BCUT2D eigenvalue weighted by Crippen LogP contribution is -2.31. The molecule has 1 amide bonds. The first-order chi connectivity index (χ1) is 15.0. The molecule has 0 radical (unpaired) electrons. The number of H-pyrrole nitrogens is 2. The summed E-state index contributed by atoms with van der Waals surface area (Å²) in [5, 5.41) is 25.5. The summed E-state index contributed by atoms with van der Waals surface area (Å²) in [6.45, 7) is 2.26. The number of nitrogens with zero attached hydrogens (tertiary/aromatic N) is 3. The predicted molar refractivity (Wildman–Crippen MR) is 116 cm³/mol. The number of hydrogen-bond donors (Lipinski definition) is 3. The van der Waals surface area contributed by atoms with Crippen LogP contribution in [0.1, 0.15) is 34.1 Å². The van der Waals surface area contributed by atoms with Gasteiger partial charge in [-0.1, -0.05) is 12.1 Å². The Bertz CT molecular complexity index is 1250. The Balaban J connectivity index is 1.48. The highest BCUT2D eigenvalue weighted by Crippen LogP contribution is 2.36. The van der Waals surface area contributed by atoms with Gasteiger partial charge < -0.3 is 14.7 Å². The van der Waals surface area contributed by atoms with Gasteiger partial charge in [0.05, 0.1) is 31.0 Å².